The van der Waals surface area contributed by atoms with Gasteiger partial charge in [-0.1, -0.05) is 11.6 Å². The summed E-state index contributed by atoms with van der Waals surface area (Å²) >= 11 is 5.94. The van der Waals surface area contributed by atoms with Gasteiger partial charge in [-0.15, -0.1) is 0 Å². The molecule has 1 aliphatic heterocycles. The van der Waals surface area contributed by atoms with Crippen LogP contribution in [0.25, 0.3) is 0 Å². The number of benzene rings is 1. The van der Waals surface area contributed by atoms with Crippen molar-refractivity contribution < 1.29 is 23.4 Å². The van der Waals surface area contributed by atoms with Crippen molar-refractivity contribution in [2.24, 2.45) is 4.99 Å². The molecule has 3 N–H and O–H groups in total. The summed E-state index contributed by atoms with van der Waals surface area (Å²) in [5, 5.41) is 17.1. The lowest BCUT2D eigenvalue weighted by atomic mass is 9.94. The molecule has 2 rings (SSSR count). The summed E-state index contributed by atoms with van der Waals surface area (Å²) < 4.78 is 34.8. The van der Waals surface area contributed by atoms with Gasteiger partial charge in [0.1, 0.15) is 5.75 Å². The van der Waals surface area contributed by atoms with E-state index in [1.54, 1.807) is 6.07 Å². The number of aliphatic imine (C=N–C) groups is 1. The van der Waals surface area contributed by atoms with Crippen LogP contribution in [0.1, 0.15) is 25.3 Å². The fraction of sp³-hybridized carbons (Fsp3) is 0.588. The van der Waals surface area contributed by atoms with Gasteiger partial charge in [0.15, 0.2) is 5.96 Å². The van der Waals surface area contributed by atoms with Crippen molar-refractivity contribution in [1.29, 1.82) is 0 Å². The Morgan fingerprint density at radius 1 is 1.38 bits per heavy atom. The highest BCUT2D eigenvalue weighted by atomic mass is 35.5. The molecule has 0 aromatic heterocycles. The number of aliphatic hydroxyl groups is 1. The second-order valence-corrected chi connectivity index (χ2v) is 6.45. The topological polar surface area (TPSA) is 75.1 Å². The molecule has 0 bridgehead atoms. The van der Waals surface area contributed by atoms with E-state index in [9.17, 15) is 13.9 Å². The molecule has 0 unspecified atom stereocenters. The Kier molecular flexibility index (Phi) is 7.86. The molecule has 1 heterocycles. The average Bonchev–Trinajstić information content (AvgIpc) is 2.60. The molecule has 1 aliphatic rings. The summed E-state index contributed by atoms with van der Waals surface area (Å²) in [5.74, 6) is 0.502. The molecule has 0 amide bonds. The molecule has 1 aromatic rings. The zero-order valence-electron chi connectivity index (χ0n) is 14.6. The summed E-state index contributed by atoms with van der Waals surface area (Å²) in [6, 6.07) is 4.42. The van der Waals surface area contributed by atoms with Crippen LogP contribution in [0.5, 0.6) is 5.75 Å². The fourth-order valence-electron chi connectivity index (χ4n) is 2.56. The largest absolute Gasteiger partial charge is 0.434 e. The Morgan fingerprint density at radius 3 is 2.77 bits per heavy atom. The van der Waals surface area contributed by atoms with Crippen LogP contribution in [0, 0.1) is 0 Å². The number of rotatable bonds is 7. The molecule has 0 atom stereocenters. The minimum atomic E-state index is -2.92. The Bertz CT molecular complexity index is 611. The third kappa shape index (κ3) is 6.59. The Morgan fingerprint density at radius 2 is 2.12 bits per heavy atom. The minimum absolute atomic E-state index is 0.0343. The lowest BCUT2D eigenvalue weighted by molar-refractivity contribution is -0.0594. The molecule has 0 spiro atoms. The third-order valence-corrected chi connectivity index (χ3v) is 4.23. The minimum Gasteiger partial charge on any atom is -0.434 e. The molecule has 1 fully saturated rings. The molecule has 0 radical (unpaired) electrons. The van der Waals surface area contributed by atoms with Gasteiger partial charge in [0, 0.05) is 49.7 Å². The van der Waals surface area contributed by atoms with Gasteiger partial charge in [-0.3, -0.25) is 0 Å². The number of nitrogens with zero attached hydrogens (tertiary/aromatic N) is 1. The smallest absolute Gasteiger partial charge is 0.387 e. The first-order valence-electron chi connectivity index (χ1n) is 8.47. The maximum Gasteiger partial charge on any atom is 0.387 e. The molecule has 1 aromatic carbocycles. The number of nitrogens with one attached hydrogen (secondary N) is 2. The van der Waals surface area contributed by atoms with Crippen LogP contribution in [0.4, 0.5) is 8.78 Å². The van der Waals surface area contributed by atoms with Crippen LogP contribution in [0.3, 0.4) is 0 Å². The second kappa shape index (κ2) is 9.89. The number of guanidine groups is 1. The highest BCUT2D eigenvalue weighted by Gasteiger charge is 2.29. The summed E-state index contributed by atoms with van der Waals surface area (Å²) in [5.41, 5.74) is -0.408. The first-order chi connectivity index (χ1) is 12.4. The van der Waals surface area contributed by atoms with E-state index in [1.807, 2.05) is 6.92 Å². The second-order valence-electron chi connectivity index (χ2n) is 6.02. The number of ether oxygens (including phenoxy) is 2. The van der Waals surface area contributed by atoms with Crippen molar-refractivity contribution in [2.45, 2.75) is 38.5 Å². The monoisotopic (exact) mass is 391 g/mol. The molecule has 9 heteroatoms. The van der Waals surface area contributed by atoms with Crippen LogP contribution in [-0.2, 0) is 11.3 Å². The number of hydrogen-bond donors (Lipinski definition) is 3. The van der Waals surface area contributed by atoms with Crippen LogP contribution in [0.15, 0.2) is 23.2 Å². The normalized spacial score (nSPS) is 17.2. The fourth-order valence-corrected chi connectivity index (χ4v) is 2.76. The maximum atomic E-state index is 12.5. The Balaban J connectivity index is 2.05. The van der Waals surface area contributed by atoms with Gasteiger partial charge >= 0.3 is 6.61 Å². The molecule has 1 saturated heterocycles. The summed E-state index contributed by atoms with van der Waals surface area (Å²) in [6.07, 6.45) is 1.08. The maximum absolute atomic E-state index is 12.5. The standard InChI is InChI=1S/C17H24ClF2N3O3/c1-2-21-16(23-11-17(24)5-7-25-8-6-17)22-10-12-9-13(18)3-4-14(12)26-15(19)20/h3-4,9,15,24H,2,5-8,10-11H2,1H3,(H2,21,22,23). The van der Waals surface area contributed by atoms with Gasteiger partial charge in [-0.2, -0.15) is 8.78 Å². The van der Waals surface area contributed by atoms with E-state index in [1.165, 1.54) is 12.1 Å². The summed E-state index contributed by atoms with van der Waals surface area (Å²) in [7, 11) is 0. The quantitative estimate of drug-likeness (QED) is 0.492. The van der Waals surface area contributed by atoms with Crippen molar-refractivity contribution in [3.8, 4) is 5.75 Å². The number of alkyl halides is 2. The lowest BCUT2D eigenvalue weighted by Crippen LogP contribution is -2.49. The third-order valence-electron chi connectivity index (χ3n) is 4.00. The van der Waals surface area contributed by atoms with Crippen molar-refractivity contribution in [3.05, 3.63) is 28.8 Å². The van der Waals surface area contributed by atoms with E-state index < -0.39 is 12.2 Å². The molecule has 0 saturated carbocycles. The van der Waals surface area contributed by atoms with Gasteiger partial charge in [0.05, 0.1) is 12.1 Å². The van der Waals surface area contributed by atoms with E-state index in [4.69, 9.17) is 16.3 Å². The average molecular weight is 392 g/mol. The zero-order valence-corrected chi connectivity index (χ0v) is 15.4. The lowest BCUT2D eigenvalue weighted by Gasteiger charge is -2.32. The Labute approximate surface area is 156 Å². The predicted molar refractivity (Wildman–Crippen MR) is 95.9 cm³/mol. The molecule has 6 nitrogen and oxygen atoms in total. The van der Waals surface area contributed by atoms with E-state index in [-0.39, 0.29) is 12.3 Å². The van der Waals surface area contributed by atoms with Crippen LogP contribution in [0.2, 0.25) is 5.02 Å². The SMILES string of the molecule is CCNC(=NCc1cc(Cl)ccc1OC(F)F)NCC1(O)CCOCC1. The van der Waals surface area contributed by atoms with E-state index in [0.29, 0.717) is 55.7 Å². The molecule has 26 heavy (non-hydrogen) atoms. The predicted octanol–water partition coefficient (Wildman–Crippen LogP) is 2.54. The van der Waals surface area contributed by atoms with Crippen LogP contribution < -0.4 is 15.4 Å². The highest BCUT2D eigenvalue weighted by Crippen LogP contribution is 2.25. The van der Waals surface area contributed by atoms with Gasteiger partial charge < -0.3 is 25.2 Å². The van der Waals surface area contributed by atoms with E-state index in [0.717, 1.165) is 0 Å². The van der Waals surface area contributed by atoms with Crippen molar-refractivity contribution in [1.82, 2.24) is 10.6 Å². The number of halogens is 3. The van der Waals surface area contributed by atoms with Gasteiger partial charge in [-0.25, -0.2) is 4.99 Å². The van der Waals surface area contributed by atoms with Gasteiger partial charge in [0.25, 0.3) is 0 Å². The van der Waals surface area contributed by atoms with E-state index >= 15 is 0 Å². The van der Waals surface area contributed by atoms with E-state index in [2.05, 4.69) is 20.4 Å². The highest BCUT2D eigenvalue weighted by molar-refractivity contribution is 6.30. The first kappa shape index (κ1) is 20.7. The zero-order chi connectivity index (χ0) is 19.0. The molecular formula is C17H24ClF2N3O3. The molecular weight excluding hydrogens is 368 g/mol. The number of hydrogen-bond acceptors (Lipinski definition) is 4. The van der Waals surface area contributed by atoms with Crippen LogP contribution in [-0.4, -0.2) is 49.6 Å². The molecule has 146 valence electrons. The van der Waals surface area contributed by atoms with Gasteiger partial charge in [0.2, 0.25) is 0 Å². The van der Waals surface area contributed by atoms with Crippen molar-refractivity contribution in [3.63, 3.8) is 0 Å². The van der Waals surface area contributed by atoms with Crippen molar-refractivity contribution in [2.75, 3.05) is 26.3 Å². The molecule has 0 aliphatic carbocycles. The summed E-state index contributed by atoms with van der Waals surface area (Å²) in [4.78, 5) is 4.38. The Hall–Kier alpha value is -1.64. The van der Waals surface area contributed by atoms with Gasteiger partial charge in [-0.05, 0) is 25.1 Å². The first-order valence-corrected chi connectivity index (χ1v) is 8.85. The van der Waals surface area contributed by atoms with Crippen LogP contribution >= 0.6 is 11.6 Å². The summed E-state index contributed by atoms with van der Waals surface area (Å²) in [6.45, 7) is 1.05. The van der Waals surface area contributed by atoms with Crippen molar-refractivity contribution >= 4 is 17.6 Å².